The van der Waals surface area contributed by atoms with Crippen LogP contribution in [0, 0.1) is 10.1 Å². The van der Waals surface area contributed by atoms with Crippen molar-refractivity contribution in [2.45, 2.75) is 4.90 Å². The Bertz CT molecular complexity index is 767. The fraction of sp³-hybridized carbons (Fsp3) is 0.133. The van der Waals surface area contributed by atoms with Crippen LogP contribution in [0.1, 0.15) is 10.4 Å². The van der Waals surface area contributed by atoms with E-state index in [9.17, 15) is 14.9 Å². The van der Waals surface area contributed by atoms with Crippen molar-refractivity contribution >= 4 is 40.6 Å². The third-order valence-electron chi connectivity index (χ3n) is 3.05. The predicted octanol–water partition coefficient (Wildman–Crippen LogP) is 4.23. The molecule has 2 aromatic rings. The fourth-order valence-corrected chi connectivity index (χ4v) is 2.73. The van der Waals surface area contributed by atoms with Crippen LogP contribution in [0.15, 0.2) is 41.3 Å². The molecule has 0 saturated carbocycles. The molecule has 2 rings (SSSR count). The molecule has 0 bridgehead atoms. The van der Waals surface area contributed by atoms with Crippen molar-refractivity contribution < 1.29 is 14.5 Å². The maximum absolute atomic E-state index is 12.2. The number of anilines is 1. The van der Waals surface area contributed by atoms with Crippen molar-refractivity contribution in [3.8, 4) is 5.75 Å². The smallest absolute Gasteiger partial charge is 0.283 e. The number of nitrogens with one attached hydrogen (secondary N) is 1. The molecule has 0 aliphatic heterocycles. The molecule has 120 valence electrons. The van der Waals surface area contributed by atoms with Crippen LogP contribution < -0.4 is 10.1 Å². The molecule has 0 aliphatic carbocycles. The van der Waals surface area contributed by atoms with Crippen molar-refractivity contribution in [1.29, 1.82) is 0 Å². The predicted molar refractivity (Wildman–Crippen MR) is 90.8 cm³/mol. The van der Waals surface area contributed by atoms with Gasteiger partial charge < -0.3 is 10.1 Å². The number of amides is 1. The van der Waals surface area contributed by atoms with Gasteiger partial charge in [-0.15, -0.1) is 11.8 Å². The number of nitro benzene ring substituents is 1. The lowest BCUT2D eigenvalue weighted by Gasteiger charge is -2.08. The molecule has 0 aliphatic rings. The molecular formula is C15H13ClN2O4S. The van der Waals surface area contributed by atoms with E-state index in [0.717, 1.165) is 0 Å². The lowest BCUT2D eigenvalue weighted by atomic mass is 10.2. The quantitative estimate of drug-likeness (QED) is 0.494. The van der Waals surface area contributed by atoms with Gasteiger partial charge in [-0.05, 0) is 36.6 Å². The van der Waals surface area contributed by atoms with Crippen LogP contribution in [0.2, 0.25) is 5.02 Å². The molecule has 8 heteroatoms. The summed E-state index contributed by atoms with van der Waals surface area (Å²) in [5.74, 6) is 0.0339. The van der Waals surface area contributed by atoms with E-state index in [2.05, 4.69) is 5.32 Å². The number of hydrogen-bond acceptors (Lipinski definition) is 5. The summed E-state index contributed by atoms with van der Waals surface area (Å²) in [6.07, 6.45) is 1.74. The molecule has 6 nitrogen and oxygen atoms in total. The summed E-state index contributed by atoms with van der Waals surface area (Å²) in [5, 5.41) is 14.1. The lowest BCUT2D eigenvalue weighted by Crippen LogP contribution is -2.12. The highest BCUT2D eigenvalue weighted by atomic mass is 35.5. The third-order valence-corrected chi connectivity index (χ3v) is 4.13. The first-order chi connectivity index (χ1) is 11.0. The summed E-state index contributed by atoms with van der Waals surface area (Å²) in [6.45, 7) is 0. The van der Waals surface area contributed by atoms with Crippen LogP contribution in [0.5, 0.6) is 5.75 Å². The standard InChI is InChI=1S/C15H13ClN2O4S/c1-22-13-5-4-10(8-11(13)16)17-15(19)9-3-6-14(23-2)12(7-9)18(20)21/h3-8H,1-2H3,(H,17,19). The number of benzene rings is 2. The van der Waals surface area contributed by atoms with Gasteiger partial charge in [0.2, 0.25) is 0 Å². The van der Waals surface area contributed by atoms with Crippen LogP contribution in [0.4, 0.5) is 11.4 Å². The van der Waals surface area contributed by atoms with Crippen LogP contribution in [-0.4, -0.2) is 24.2 Å². The molecule has 0 saturated heterocycles. The summed E-state index contributed by atoms with van der Waals surface area (Å²) in [5.41, 5.74) is 0.566. The molecule has 0 unspecified atom stereocenters. The SMILES string of the molecule is COc1ccc(NC(=O)c2ccc(SC)c([N+](=O)[O-])c2)cc1Cl. The van der Waals surface area contributed by atoms with E-state index in [4.69, 9.17) is 16.3 Å². The molecule has 0 spiro atoms. The Hall–Kier alpha value is -2.25. The molecule has 1 N–H and O–H groups in total. The Morgan fingerprint density at radius 3 is 2.61 bits per heavy atom. The molecule has 0 radical (unpaired) electrons. The Kier molecular flexibility index (Phi) is 5.46. The van der Waals surface area contributed by atoms with Crippen LogP contribution >= 0.6 is 23.4 Å². The zero-order valence-corrected chi connectivity index (χ0v) is 13.9. The first-order valence-electron chi connectivity index (χ1n) is 6.43. The minimum atomic E-state index is -0.507. The van der Waals surface area contributed by atoms with Gasteiger partial charge >= 0.3 is 0 Å². The second-order valence-electron chi connectivity index (χ2n) is 4.45. The van der Waals surface area contributed by atoms with Crippen molar-refractivity contribution in [1.82, 2.24) is 0 Å². The maximum Gasteiger partial charge on any atom is 0.283 e. The highest BCUT2D eigenvalue weighted by Crippen LogP contribution is 2.30. The largest absolute Gasteiger partial charge is 0.495 e. The zero-order valence-electron chi connectivity index (χ0n) is 12.3. The van der Waals surface area contributed by atoms with Gasteiger partial charge in [-0.2, -0.15) is 0 Å². The second-order valence-corrected chi connectivity index (χ2v) is 5.70. The van der Waals surface area contributed by atoms with E-state index in [-0.39, 0.29) is 11.3 Å². The van der Waals surface area contributed by atoms with Crippen molar-refractivity contribution in [2.75, 3.05) is 18.7 Å². The zero-order chi connectivity index (χ0) is 17.0. The van der Waals surface area contributed by atoms with Crippen LogP contribution in [-0.2, 0) is 0 Å². The Labute approximate surface area is 141 Å². The molecule has 23 heavy (non-hydrogen) atoms. The number of carbonyl (C=O) groups excluding carboxylic acids is 1. The first kappa shape index (κ1) is 17.1. The van der Waals surface area contributed by atoms with Gasteiger partial charge in [-0.3, -0.25) is 14.9 Å². The number of rotatable bonds is 5. The second kappa shape index (κ2) is 7.34. The number of methoxy groups -OCH3 is 1. The Balaban J connectivity index is 2.25. The molecule has 0 fully saturated rings. The van der Waals surface area contributed by atoms with Gasteiger partial charge in [-0.1, -0.05) is 11.6 Å². The number of thioether (sulfide) groups is 1. The lowest BCUT2D eigenvalue weighted by molar-refractivity contribution is -0.387. The first-order valence-corrected chi connectivity index (χ1v) is 8.04. The van der Waals surface area contributed by atoms with Gasteiger partial charge in [0, 0.05) is 17.3 Å². The Morgan fingerprint density at radius 2 is 2.04 bits per heavy atom. The molecule has 0 aromatic heterocycles. The van der Waals surface area contributed by atoms with E-state index in [1.165, 1.54) is 24.9 Å². The summed E-state index contributed by atoms with van der Waals surface area (Å²) in [6, 6.07) is 9.15. The van der Waals surface area contributed by atoms with E-state index < -0.39 is 10.8 Å². The van der Waals surface area contributed by atoms with Gasteiger partial charge in [0.15, 0.2) is 0 Å². The van der Waals surface area contributed by atoms with Gasteiger partial charge in [-0.25, -0.2) is 0 Å². The van der Waals surface area contributed by atoms with E-state index >= 15 is 0 Å². The van der Waals surface area contributed by atoms with E-state index in [1.807, 2.05) is 0 Å². The number of nitrogens with zero attached hydrogens (tertiary/aromatic N) is 1. The van der Waals surface area contributed by atoms with Gasteiger partial charge in [0.05, 0.1) is 22.0 Å². The monoisotopic (exact) mass is 352 g/mol. The minimum Gasteiger partial charge on any atom is -0.495 e. The van der Waals surface area contributed by atoms with Gasteiger partial charge in [0.25, 0.3) is 11.6 Å². The number of ether oxygens (including phenoxy) is 1. The third kappa shape index (κ3) is 3.94. The molecule has 0 atom stereocenters. The van der Waals surface area contributed by atoms with Crippen LogP contribution in [0.25, 0.3) is 0 Å². The molecular weight excluding hydrogens is 340 g/mol. The van der Waals surface area contributed by atoms with E-state index in [1.54, 1.807) is 36.6 Å². The fourth-order valence-electron chi connectivity index (χ4n) is 1.92. The van der Waals surface area contributed by atoms with E-state index in [0.29, 0.717) is 21.4 Å². The summed E-state index contributed by atoms with van der Waals surface area (Å²) < 4.78 is 5.04. The average molecular weight is 353 g/mol. The normalized spacial score (nSPS) is 10.2. The number of halogens is 1. The summed E-state index contributed by atoms with van der Waals surface area (Å²) in [4.78, 5) is 23.3. The minimum absolute atomic E-state index is 0.0992. The van der Waals surface area contributed by atoms with Crippen molar-refractivity contribution in [3.63, 3.8) is 0 Å². The summed E-state index contributed by atoms with van der Waals surface area (Å²) in [7, 11) is 1.49. The summed E-state index contributed by atoms with van der Waals surface area (Å²) >= 11 is 7.25. The highest BCUT2D eigenvalue weighted by molar-refractivity contribution is 7.98. The number of carbonyl (C=O) groups is 1. The van der Waals surface area contributed by atoms with Crippen LogP contribution in [0.3, 0.4) is 0 Å². The van der Waals surface area contributed by atoms with Crippen molar-refractivity contribution in [3.05, 3.63) is 57.1 Å². The van der Waals surface area contributed by atoms with Crippen molar-refractivity contribution in [2.24, 2.45) is 0 Å². The van der Waals surface area contributed by atoms with Gasteiger partial charge in [0.1, 0.15) is 5.75 Å². The maximum atomic E-state index is 12.2. The Morgan fingerprint density at radius 1 is 1.30 bits per heavy atom. The topological polar surface area (TPSA) is 81.5 Å². The highest BCUT2D eigenvalue weighted by Gasteiger charge is 2.17. The number of hydrogen-bond donors (Lipinski definition) is 1. The average Bonchev–Trinajstić information content (AvgIpc) is 2.54. The molecule has 0 heterocycles. The molecule has 1 amide bonds. The molecule has 2 aromatic carbocycles. The number of nitro groups is 1.